The number of nitrogens with zero attached hydrogens (tertiary/aromatic N) is 1. The molecule has 0 unspecified atom stereocenters. The lowest BCUT2D eigenvalue weighted by atomic mass is 10.3. The Morgan fingerprint density at radius 3 is 2.44 bits per heavy atom. The number of ether oxygens (including phenoxy) is 3. The number of hydrogen-bond acceptors (Lipinski definition) is 6. The summed E-state index contributed by atoms with van der Waals surface area (Å²) in [6.07, 6.45) is -3.29. The molecule has 1 N–H and O–H groups in total. The predicted octanol–water partition coefficient (Wildman–Crippen LogP) is 2.52. The van der Waals surface area contributed by atoms with Gasteiger partial charge in [-0.05, 0) is 18.2 Å². The molecule has 2 rings (SSSR count). The normalized spacial score (nSPS) is 11.9. The van der Waals surface area contributed by atoms with Gasteiger partial charge in [-0.2, -0.15) is 13.2 Å². The van der Waals surface area contributed by atoms with E-state index in [-0.39, 0.29) is 28.6 Å². The van der Waals surface area contributed by atoms with E-state index in [1.165, 1.54) is 50.7 Å². The first-order valence-electron chi connectivity index (χ1n) is 7.51. The van der Waals surface area contributed by atoms with Gasteiger partial charge in [0.1, 0.15) is 0 Å². The first-order valence-corrected chi connectivity index (χ1v) is 9.00. The Hall–Kier alpha value is -2.53. The highest BCUT2D eigenvalue weighted by Crippen LogP contribution is 2.29. The molecule has 0 aliphatic rings. The van der Waals surface area contributed by atoms with E-state index in [4.69, 9.17) is 9.47 Å². The number of sulfonamides is 1. The van der Waals surface area contributed by atoms with Crippen LogP contribution in [0.25, 0.3) is 0 Å². The van der Waals surface area contributed by atoms with Crippen molar-refractivity contribution in [2.45, 2.75) is 17.6 Å². The maximum absolute atomic E-state index is 12.5. The van der Waals surface area contributed by atoms with Crippen molar-refractivity contribution in [1.82, 2.24) is 9.71 Å². The Bertz CT molecular complexity index is 888. The van der Waals surface area contributed by atoms with Crippen molar-refractivity contribution in [3.63, 3.8) is 0 Å². The Labute approximate surface area is 154 Å². The molecule has 1 aromatic carbocycles. The van der Waals surface area contributed by atoms with E-state index >= 15 is 0 Å². The van der Waals surface area contributed by atoms with Crippen LogP contribution in [-0.2, 0) is 16.6 Å². The molecule has 1 aromatic heterocycles. The third-order valence-electron chi connectivity index (χ3n) is 3.34. The molecule has 27 heavy (non-hydrogen) atoms. The van der Waals surface area contributed by atoms with Crippen LogP contribution in [0.1, 0.15) is 5.56 Å². The van der Waals surface area contributed by atoms with Crippen molar-refractivity contribution in [1.29, 1.82) is 0 Å². The molecular formula is C16H17F3N2O5S. The smallest absolute Gasteiger partial charge is 0.422 e. The van der Waals surface area contributed by atoms with Crippen LogP contribution >= 0.6 is 0 Å². The molecule has 0 atom stereocenters. The summed E-state index contributed by atoms with van der Waals surface area (Å²) in [4.78, 5) is 3.62. The van der Waals surface area contributed by atoms with Gasteiger partial charge in [-0.25, -0.2) is 18.1 Å². The fourth-order valence-corrected chi connectivity index (χ4v) is 3.10. The molecule has 0 saturated heterocycles. The molecule has 0 amide bonds. The second kappa shape index (κ2) is 8.44. The first kappa shape index (κ1) is 20.8. The third kappa shape index (κ3) is 5.73. The van der Waals surface area contributed by atoms with Crippen molar-refractivity contribution in [2.75, 3.05) is 20.8 Å². The van der Waals surface area contributed by atoms with Gasteiger partial charge in [0.25, 0.3) is 0 Å². The number of rotatable bonds is 8. The Morgan fingerprint density at radius 2 is 1.81 bits per heavy atom. The van der Waals surface area contributed by atoms with Gasteiger partial charge in [0.05, 0.1) is 19.1 Å². The van der Waals surface area contributed by atoms with E-state index < -0.39 is 22.8 Å². The van der Waals surface area contributed by atoms with Gasteiger partial charge in [-0.3, -0.25) is 0 Å². The van der Waals surface area contributed by atoms with Crippen molar-refractivity contribution in [2.24, 2.45) is 0 Å². The zero-order valence-corrected chi connectivity index (χ0v) is 15.2. The van der Waals surface area contributed by atoms with Crippen LogP contribution in [0.15, 0.2) is 41.4 Å². The van der Waals surface area contributed by atoms with E-state index in [0.29, 0.717) is 5.75 Å². The summed E-state index contributed by atoms with van der Waals surface area (Å²) in [5.74, 6) is 0.271. The summed E-state index contributed by atoms with van der Waals surface area (Å²) in [6.45, 7) is -1.84. The topological polar surface area (TPSA) is 86.8 Å². The minimum absolute atomic E-state index is 0.0956. The quantitative estimate of drug-likeness (QED) is 0.725. The van der Waals surface area contributed by atoms with Crippen LogP contribution in [0.2, 0.25) is 0 Å². The molecule has 7 nitrogen and oxygen atoms in total. The summed E-state index contributed by atoms with van der Waals surface area (Å²) >= 11 is 0. The van der Waals surface area contributed by atoms with Gasteiger partial charge in [0, 0.05) is 24.4 Å². The Balaban J connectivity index is 2.16. The van der Waals surface area contributed by atoms with Gasteiger partial charge in [0.2, 0.25) is 15.9 Å². The number of nitrogens with one attached hydrogen (secondary N) is 1. The Morgan fingerprint density at radius 1 is 1.11 bits per heavy atom. The molecular weight excluding hydrogens is 389 g/mol. The van der Waals surface area contributed by atoms with Crippen LogP contribution in [-0.4, -0.2) is 40.4 Å². The van der Waals surface area contributed by atoms with Gasteiger partial charge in [-0.1, -0.05) is 6.07 Å². The van der Waals surface area contributed by atoms with E-state index in [9.17, 15) is 21.6 Å². The number of hydrogen-bond donors (Lipinski definition) is 1. The second-order valence-electron chi connectivity index (χ2n) is 5.21. The lowest BCUT2D eigenvalue weighted by Gasteiger charge is -2.13. The lowest BCUT2D eigenvalue weighted by Crippen LogP contribution is -2.25. The van der Waals surface area contributed by atoms with E-state index in [1.54, 1.807) is 0 Å². The van der Waals surface area contributed by atoms with Crippen molar-refractivity contribution in [3.8, 4) is 17.4 Å². The van der Waals surface area contributed by atoms with Gasteiger partial charge in [0.15, 0.2) is 18.1 Å². The molecule has 0 fully saturated rings. The van der Waals surface area contributed by atoms with Gasteiger partial charge >= 0.3 is 6.18 Å². The summed E-state index contributed by atoms with van der Waals surface area (Å²) in [5.41, 5.74) is 0.158. The lowest BCUT2D eigenvalue weighted by molar-refractivity contribution is -0.154. The summed E-state index contributed by atoms with van der Waals surface area (Å²) in [7, 11) is -1.19. The van der Waals surface area contributed by atoms with Crippen LogP contribution in [0, 0.1) is 0 Å². The zero-order chi connectivity index (χ0) is 20.1. The van der Waals surface area contributed by atoms with Crippen LogP contribution in [0.5, 0.6) is 17.4 Å². The van der Waals surface area contributed by atoms with Crippen molar-refractivity contribution in [3.05, 3.63) is 42.1 Å². The number of methoxy groups -OCH3 is 2. The first-order chi connectivity index (χ1) is 12.7. The van der Waals surface area contributed by atoms with Crippen molar-refractivity contribution < 1.29 is 35.8 Å². The molecule has 11 heteroatoms. The Kier molecular flexibility index (Phi) is 6.50. The minimum atomic E-state index is -4.53. The number of halogens is 3. The van der Waals surface area contributed by atoms with Gasteiger partial charge in [-0.15, -0.1) is 0 Å². The molecule has 0 radical (unpaired) electrons. The molecule has 0 spiro atoms. The largest absolute Gasteiger partial charge is 0.493 e. The maximum Gasteiger partial charge on any atom is 0.422 e. The van der Waals surface area contributed by atoms with Crippen molar-refractivity contribution >= 4 is 10.0 Å². The standard InChI is InChI=1S/C16H17F3N2O5S/c1-24-13-6-5-12(8-14(13)25-2)27(22,23)21-9-11-4-3-7-20-15(11)26-10-16(17,18)19/h3-8,21H,9-10H2,1-2H3. The van der Waals surface area contributed by atoms with E-state index in [0.717, 1.165) is 0 Å². The van der Waals surface area contributed by atoms with Crippen LogP contribution < -0.4 is 18.9 Å². The number of pyridine rings is 1. The predicted molar refractivity (Wildman–Crippen MR) is 89.4 cm³/mol. The molecule has 0 saturated carbocycles. The molecule has 1 heterocycles. The number of aromatic nitrogens is 1. The number of benzene rings is 1. The SMILES string of the molecule is COc1ccc(S(=O)(=O)NCc2cccnc2OCC(F)(F)F)cc1OC. The highest BCUT2D eigenvalue weighted by Gasteiger charge is 2.29. The van der Waals surface area contributed by atoms with Gasteiger partial charge < -0.3 is 14.2 Å². The maximum atomic E-state index is 12.5. The van der Waals surface area contributed by atoms with Crippen LogP contribution in [0.3, 0.4) is 0 Å². The molecule has 0 aliphatic carbocycles. The molecule has 2 aromatic rings. The summed E-state index contributed by atoms with van der Waals surface area (Å²) in [6, 6.07) is 6.88. The summed E-state index contributed by atoms with van der Waals surface area (Å²) in [5, 5.41) is 0. The van der Waals surface area contributed by atoms with E-state index in [2.05, 4.69) is 14.4 Å². The fourth-order valence-electron chi connectivity index (χ4n) is 2.08. The average molecular weight is 406 g/mol. The third-order valence-corrected chi connectivity index (χ3v) is 4.74. The highest BCUT2D eigenvalue weighted by atomic mass is 32.2. The molecule has 0 bridgehead atoms. The second-order valence-corrected chi connectivity index (χ2v) is 6.98. The highest BCUT2D eigenvalue weighted by molar-refractivity contribution is 7.89. The summed E-state index contributed by atoms with van der Waals surface area (Å²) < 4.78 is 78.9. The molecule has 0 aliphatic heterocycles. The molecule has 148 valence electrons. The van der Waals surface area contributed by atoms with E-state index in [1.807, 2.05) is 0 Å². The fraction of sp³-hybridized carbons (Fsp3) is 0.312. The minimum Gasteiger partial charge on any atom is -0.493 e. The van der Waals surface area contributed by atoms with Crippen LogP contribution in [0.4, 0.5) is 13.2 Å². The average Bonchev–Trinajstić information content (AvgIpc) is 2.64. The zero-order valence-electron chi connectivity index (χ0n) is 14.4. The number of alkyl halides is 3. The monoisotopic (exact) mass is 406 g/mol.